The highest BCUT2D eigenvalue weighted by Gasteiger charge is 2.45. The molecule has 2 aliphatic rings. The second kappa shape index (κ2) is 22.5. The van der Waals surface area contributed by atoms with Gasteiger partial charge in [0.25, 0.3) is 11.8 Å². The van der Waals surface area contributed by atoms with Crippen LogP contribution in [-0.2, 0) is 44.9 Å². The average molecular weight is 921 g/mol. The van der Waals surface area contributed by atoms with Crippen LogP contribution in [0.15, 0.2) is 121 Å². The van der Waals surface area contributed by atoms with Crippen molar-refractivity contribution in [1.82, 2.24) is 31.1 Å². The van der Waals surface area contributed by atoms with E-state index in [1.54, 1.807) is 48.5 Å². The Morgan fingerprint density at radius 3 is 0.765 bits per heavy atom. The van der Waals surface area contributed by atoms with E-state index in [2.05, 4.69) is 21.3 Å². The van der Waals surface area contributed by atoms with Crippen LogP contribution in [0.5, 0.6) is 0 Å². The van der Waals surface area contributed by atoms with Crippen LogP contribution in [0.4, 0.5) is 22.7 Å². The predicted octanol–water partition coefficient (Wildman–Crippen LogP) is 2.83. The molecule has 0 aliphatic carbocycles. The molecule has 12 N–H and O–H groups in total. The number of nitrogens with zero attached hydrogens (tertiary/aromatic N) is 2. The highest BCUT2D eigenvalue weighted by atomic mass is 16.2. The van der Waals surface area contributed by atoms with Crippen LogP contribution in [0.2, 0.25) is 0 Å². The summed E-state index contributed by atoms with van der Waals surface area (Å²) in [4.78, 5) is 85.9. The summed E-state index contributed by atoms with van der Waals surface area (Å²) in [6.45, 7) is 1.39. The van der Waals surface area contributed by atoms with Crippen LogP contribution in [0.3, 0.4) is 0 Å². The minimum absolute atomic E-state index is 0.0178. The van der Waals surface area contributed by atoms with E-state index in [0.29, 0.717) is 74.6 Å². The Labute approximate surface area is 396 Å². The van der Waals surface area contributed by atoms with Gasteiger partial charge in [0.05, 0.1) is 23.7 Å². The van der Waals surface area contributed by atoms with Crippen molar-refractivity contribution in [1.29, 1.82) is 0 Å². The number of carbonyl (C=O) groups excluding carboxylic acids is 6. The summed E-state index contributed by atoms with van der Waals surface area (Å²) < 4.78 is 0. The second-order valence-electron chi connectivity index (χ2n) is 17.6. The van der Waals surface area contributed by atoms with Crippen LogP contribution in [0, 0.1) is 23.7 Å². The fourth-order valence-corrected chi connectivity index (χ4v) is 8.70. The van der Waals surface area contributed by atoms with Crippen molar-refractivity contribution in [3.05, 3.63) is 155 Å². The van der Waals surface area contributed by atoms with E-state index in [1.807, 2.05) is 48.5 Å². The summed E-state index contributed by atoms with van der Waals surface area (Å²) in [5, 5.41) is 11.8. The fourth-order valence-electron chi connectivity index (χ4n) is 8.70. The first-order valence-corrected chi connectivity index (χ1v) is 23.0. The molecular formula is C52H60N10O6. The van der Waals surface area contributed by atoms with Gasteiger partial charge in [-0.25, -0.2) is 0 Å². The van der Waals surface area contributed by atoms with E-state index in [0.717, 1.165) is 22.3 Å². The molecule has 0 spiro atoms. The minimum atomic E-state index is -0.802. The van der Waals surface area contributed by atoms with Gasteiger partial charge in [-0.05, 0) is 121 Å². The maximum atomic E-state index is 14.0. The molecule has 0 aromatic heterocycles. The number of nitrogens with two attached hydrogens (primary N) is 4. The van der Waals surface area contributed by atoms with E-state index >= 15 is 0 Å². The van der Waals surface area contributed by atoms with Gasteiger partial charge < -0.3 is 54.0 Å². The molecule has 0 unspecified atom stereocenters. The normalized spacial score (nSPS) is 17.6. The highest BCUT2D eigenvalue weighted by molar-refractivity contribution is 6.00. The Morgan fingerprint density at radius 1 is 0.353 bits per heavy atom. The summed E-state index contributed by atoms with van der Waals surface area (Å²) in [6.07, 6.45) is 2.22. The Morgan fingerprint density at radius 2 is 0.559 bits per heavy atom. The van der Waals surface area contributed by atoms with Gasteiger partial charge in [-0.3, -0.25) is 28.8 Å². The number of benzene rings is 5. The lowest BCUT2D eigenvalue weighted by Crippen LogP contribution is -2.42. The molecule has 16 nitrogen and oxygen atoms in total. The van der Waals surface area contributed by atoms with Gasteiger partial charge in [-0.2, -0.15) is 0 Å². The van der Waals surface area contributed by atoms with Crippen LogP contribution in [-0.4, -0.2) is 97.6 Å². The molecule has 7 rings (SSSR count). The number of rotatable bonds is 18. The monoisotopic (exact) mass is 920 g/mol. The number of nitrogen functional groups attached to an aromatic ring is 4. The van der Waals surface area contributed by atoms with Crippen molar-refractivity contribution in [2.24, 2.45) is 23.7 Å². The molecule has 2 saturated heterocycles. The van der Waals surface area contributed by atoms with Crippen molar-refractivity contribution >= 4 is 58.2 Å². The first kappa shape index (κ1) is 48.1. The molecule has 0 bridgehead atoms. The zero-order chi connectivity index (χ0) is 48.2. The maximum absolute atomic E-state index is 14.0. The van der Waals surface area contributed by atoms with E-state index in [-0.39, 0.29) is 60.9 Å². The molecule has 0 radical (unpaired) electrons. The number of likely N-dealkylation sites (tertiary alicyclic amines) is 2. The van der Waals surface area contributed by atoms with E-state index in [4.69, 9.17) is 22.9 Å². The molecule has 6 amide bonds. The number of hydrogen-bond donors (Lipinski definition) is 8. The summed E-state index contributed by atoms with van der Waals surface area (Å²) in [7, 11) is 0. The van der Waals surface area contributed by atoms with Crippen LogP contribution >= 0.6 is 0 Å². The van der Waals surface area contributed by atoms with Gasteiger partial charge in [0.2, 0.25) is 23.6 Å². The van der Waals surface area contributed by atoms with Crippen molar-refractivity contribution in [2.75, 3.05) is 75.3 Å². The van der Waals surface area contributed by atoms with Crippen molar-refractivity contribution in [3.8, 4) is 0 Å². The summed E-state index contributed by atoms with van der Waals surface area (Å²) in [5.41, 5.74) is 30.4. The number of amides is 6. The van der Waals surface area contributed by atoms with Crippen molar-refractivity contribution < 1.29 is 28.8 Å². The number of hydrogen-bond acceptors (Lipinski definition) is 10. The second-order valence-corrected chi connectivity index (χ2v) is 17.6. The maximum Gasteiger partial charge on any atom is 0.253 e. The van der Waals surface area contributed by atoms with Crippen LogP contribution < -0.4 is 44.2 Å². The molecule has 2 fully saturated rings. The van der Waals surface area contributed by atoms with Gasteiger partial charge >= 0.3 is 0 Å². The van der Waals surface area contributed by atoms with E-state index in [9.17, 15) is 28.8 Å². The third kappa shape index (κ3) is 12.7. The fraction of sp³-hybridized carbons (Fsp3) is 0.308. The molecule has 68 heavy (non-hydrogen) atoms. The largest absolute Gasteiger partial charge is 0.399 e. The highest BCUT2D eigenvalue weighted by Crippen LogP contribution is 2.28. The molecule has 2 heterocycles. The van der Waals surface area contributed by atoms with Crippen molar-refractivity contribution in [2.45, 2.75) is 25.7 Å². The summed E-state index contributed by atoms with van der Waals surface area (Å²) in [5.74, 6) is -5.32. The molecule has 2 aliphatic heterocycles. The lowest BCUT2D eigenvalue weighted by Gasteiger charge is -2.18. The zero-order valence-corrected chi connectivity index (χ0v) is 38.0. The van der Waals surface area contributed by atoms with E-state index in [1.165, 1.54) is 34.1 Å². The number of anilines is 4. The standard InChI is InChI=1S/C52H60N10O6/c53-39-13-1-33(2-14-39)21-25-57-47(63)43-29-61(30-44(43)48(64)58-26-22-34-3-15-40(54)16-4-34)51(67)37-9-11-38(12-10-37)52(68)62-31-45(49(65)59-27-23-35-5-17-41(55)18-6-35)46(32-62)50(66)60-28-24-36-7-19-42(56)20-8-36/h1-20,43-46H,21-32,53-56H2,(H,57,63)(H,58,64)(H,59,65)(H,60,66)/t43-,44-,45-,46-/m1/s1. The molecule has 5 aromatic rings. The minimum Gasteiger partial charge on any atom is -0.399 e. The quantitative estimate of drug-likeness (QED) is 0.0596. The molecule has 16 heteroatoms. The number of carbonyl (C=O) groups is 6. The molecule has 5 aromatic carbocycles. The third-order valence-electron chi connectivity index (χ3n) is 12.7. The summed E-state index contributed by atoms with van der Waals surface area (Å²) >= 11 is 0. The molecule has 0 saturated carbocycles. The summed E-state index contributed by atoms with van der Waals surface area (Å²) in [6, 6.07) is 35.6. The molecule has 4 atom stereocenters. The zero-order valence-electron chi connectivity index (χ0n) is 38.0. The Bertz CT molecular complexity index is 2230. The molecule has 354 valence electrons. The van der Waals surface area contributed by atoms with Gasteiger partial charge in [0, 0.05) is 86.2 Å². The topological polar surface area (TPSA) is 261 Å². The first-order chi connectivity index (χ1) is 32.8. The third-order valence-corrected chi connectivity index (χ3v) is 12.7. The smallest absolute Gasteiger partial charge is 0.253 e. The van der Waals surface area contributed by atoms with Gasteiger partial charge in [-0.15, -0.1) is 0 Å². The number of nitrogens with one attached hydrogen (secondary N) is 4. The van der Waals surface area contributed by atoms with Gasteiger partial charge in [0.1, 0.15) is 0 Å². The average Bonchev–Trinajstić information content (AvgIpc) is 4.01. The van der Waals surface area contributed by atoms with Crippen LogP contribution in [0.25, 0.3) is 0 Å². The van der Waals surface area contributed by atoms with Gasteiger partial charge in [0.15, 0.2) is 0 Å². The van der Waals surface area contributed by atoms with Gasteiger partial charge in [-0.1, -0.05) is 48.5 Å². The lowest BCUT2D eigenvalue weighted by molar-refractivity contribution is -0.132. The predicted molar refractivity (Wildman–Crippen MR) is 262 cm³/mol. The Balaban J connectivity index is 0.992. The first-order valence-electron chi connectivity index (χ1n) is 23.0. The van der Waals surface area contributed by atoms with Crippen LogP contribution in [0.1, 0.15) is 43.0 Å². The Hall–Kier alpha value is -7.88. The molecular weight excluding hydrogens is 861 g/mol. The SMILES string of the molecule is Nc1ccc(CCNC(=O)[C@@H]2CN(C(=O)c3ccc(C(=O)N4C[C@@H](C(=O)NCCc5ccc(N)cc5)[C@H](C(=O)NCCc5ccc(N)cc5)C4)cc3)C[C@H]2C(=O)NCCc2ccc(N)cc2)cc1. The Kier molecular flexibility index (Phi) is 15.9. The lowest BCUT2D eigenvalue weighted by atomic mass is 9.94. The van der Waals surface area contributed by atoms with E-state index < -0.39 is 35.5 Å². The van der Waals surface area contributed by atoms with Crippen molar-refractivity contribution in [3.63, 3.8) is 0 Å².